The average Bonchev–Trinajstić information content (AvgIpc) is 2.20. The average molecular weight is 193 g/mol. The molecule has 1 heterocycles. The molecule has 0 bridgehead atoms. The number of allylic oxidation sites excluding steroid dienone is 1. The summed E-state index contributed by atoms with van der Waals surface area (Å²) < 4.78 is 6.87. The summed E-state index contributed by atoms with van der Waals surface area (Å²) in [4.78, 5) is 11.7. The van der Waals surface area contributed by atoms with Crippen LogP contribution in [0, 0.1) is 0 Å². The van der Waals surface area contributed by atoms with E-state index in [1.807, 2.05) is 6.92 Å². The van der Waals surface area contributed by atoms with Crippen LogP contribution in [-0.4, -0.2) is 11.2 Å². The number of rotatable bonds is 5. The molecule has 0 saturated heterocycles. The van der Waals surface area contributed by atoms with E-state index in [2.05, 4.69) is 6.58 Å². The van der Waals surface area contributed by atoms with Crippen LogP contribution in [0.5, 0.6) is 5.75 Å². The molecule has 0 N–H and O–H groups in total. The Morgan fingerprint density at radius 3 is 3.07 bits per heavy atom. The van der Waals surface area contributed by atoms with Crippen molar-refractivity contribution in [3.63, 3.8) is 0 Å². The third-order valence-electron chi connectivity index (χ3n) is 1.77. The van der Waals surface area contributed by atoms with Crippen LogP contribution in [0.15, 0.2) is 35.8 Å². The lowest BCUT2D eigenvalue weighted by atomic mass is 10.4. The molecular formula is C11H15NO2. The largest absolute Gasteiger partial charge is 0.488 e. The number of pyridine rings is 1. The molecule has 1 aromatic heterocycles. The molecule has 0 fully saturated rings. The minimum absolute atomic E-state index is 0.0964. The van der Waals surface area contributed by atoms with Crippen molar-refractivity contribution in [1.29, 1.82) is 0 Å². The standard InChI is InChI=1S/C11H15NO2/c1-3-7-12-8-5-6-10(11(12)13)14-9-4-2/h3,5-6,8H,1,4,7,9H2,2H3. The Labute approximate surface area is 83.6 Å². The van der Waals surface area contributed by atoms with E-state index in [0.717, 1.165) is 6.42 Å². The van der Waals surface area contributed by atoms with Gasteiger partial charge in [-0.25, -0.2) is 0 Å². The van der Waals surface area contributed by atoms with Gasteiger partial charge in [-0.05, 0) is 18.6 Å². The molecule has 0 radical (unpaired) electrons. The first-order chi connectivity index (χ1) is 6.79. The van der Waals surface area contributed by atoms with E-state index < -0.39 is 0 Å². The second kappa shape index (κ2) is 5.27. The quantitative estimate of drug-likeness (QED) is 0.668. The number of nitrogens with zero attached hydrogens (tertiary/aromatic N) is 1. The van der Waals surface area contributed by atoms with Crippen molar-refractivity contribution in [2.45, 2.75) is 19.9 Å². The summed E-state index contributed by atoms with van der Waals surface area (Å²) in [5.74, 6) is 0.413. The Bertz CT molecular complexity index is 355. The SMILES string of the molecule is C=CCn1cccc(OCCC)c1=O. The highest BCUT2D eigenvalue weighted by atomic mass is 16.5. The fourth-order valence-corrected chi connectivity index (χ4v) is 1.12. The molecule has 0 atom stereocenters. The monoisotopic (exact) mass is 193 g/mol. The zero-order valence-electron chi connectivity index (χ0n) is 8.40. The van der Waals surface area contributed by atoms with E-state index in [-0.39, 0.29) is 5.56 Å². The van der Waals surface area contributed by atoms with Crippen LogP contribution in [0.25, 0.3) is 0 Å². The second-order valence-electron chi connectivity index (χ2n) is 2.97. The Kier molecular flexibility index (Phi) is 3.98. The number of hydrogen-bond acceptors (Lipinski definition) is 2. The van der Waals surface area contributed by atoms with Gasteiger partial charge in [-0.15, -0.1) is 6.58 Å². The van der Waals surface area contributed by atoms with Crippen molar-refractivity contribution in [2.75, 3.05) is 6.61 Å². The van der Waals surface area contributed by atoms with E-state index in [1.165, 1.54) is 0 Å². The summed E-state index contributed by atoms with van der Waals surface area (Å²) >= 11 is 0. The normalized spacial score (nSPS) is 9.79. The lowest BCUT2D eigenvalue weighted by molar-refractivity contribution is 0.310. The zero-order valence-corrected chi connectivity index (χ0v) is 8.40. The van der Waals surface area contributed by atoms with Gasteiger partial charge in [0.1, 0.15) is 0 Å². The maximum atomic E-state index is 11.7. The van der Waals surface area contributed by atoms with Gasteiger partial charge in [-0.1, -0.05) is 13.0 Å². The molecule has 0 aliphatic heterocycles. The van der Waals surface area contributed by atoms with Crippen molar-refractivity contribution in [2.24, 2.45) is 0 Å². The van der Waals surface area contributed by atoms with E-state index >= 15 is 0 Å². The van der Waals surface area contributed by atoms with Crippen LogP contribution in [0.4, 0.5) is 0 Å². The first kappa shape index (κ1) is 10.6. The van der Waals surface area contributed by atoms with Crippen molar-refractivity contribution >= 4 is 0 Å². The minimum atomic E-state index is -0.0964. The van der Waals surface area contributed by atoms with Gasteiger partial charge in [-0.2, -0.15) is 0 Å². The maximum absolute atomic E-state index is 11.7. The summed E-state index contributed by atoms with van der Waals surface area (Å²) in [5, 5.41) is 0. The van der Waals surface area contributed by atoms with Gasteiger partial charge >= 0.3 is 0 Å². The maximum Gasteiger partial charge on any atom is 0.293 e. The fourth-order valence-electron chi connectivity index (χ4n) is 1.12. The lowest BCUT2D eigenvalue weighted by Crippen LogP contribution is -2.20. The highest BCUT2D eigenvalue weighted by Crippen LogP contribution is 2.02. The summed E-state index contributed by atoms with van der Waals surface area (Å²) in [6.07, 6.45) is 4.31. The van der Waals surface area contributed by atoms with Crippen molar-refractivity contribution in [3.05, 3.63) is 41.3 Å². The molecule has 14 heavy (non-hydrogen) atoms. The molecule has 0 aliphatic rings. The van der Waals surface area contributed by atoms with E-state index in [4.69, 9.17) is 4.74 Å². The molecule has 0 spiro atoms. The first-order valence-electron chi connectivity index (χ1n) is 4.72. The van der Waals surface area contributed by atoms with Crippen molar-refractivity contribution in [3.8, 4) is 5.75 Å². The van der Waals surface area contributed by atoms with Gasteiger partial charge in [0.15, 0.2) is 5.75 Å². The Hall–Kier alpha value is -1.51. The van der Waals surface area contributed by atoms with Gasteiger partial charge < -0.3 is 9.30 Å². The molecule has 0 saturated carbocycles. The molecule has 0 aliphatic carbocycles. The summed E-state index contributed by atoms with van der Waals surface area (Å²) in [5.41, 5.74) is -0.0964. The third-order valence-corrected chi connectivity index (χ3v) is 1.77. The number of ether oxygens (including phenoxy) is 1. The summed E-state index contributed by atoms with van der Waals surface area (Å²) in [6, 6.07) is 3.49. The Morgan fingerprint density at radius 1 is 1.64 bits per heavy atom. The Morgan fingerprint density at radius 2 is 2.43 bits per heavy atom. The van der Waals surface area contributed by atoms with Crippen LogP contribution < -0.4 is 10.3 Å². The van der Waals surface area contributed by atoms with E-state index in [0.29, 0.717) is 18.9 Å². The van der Waals surface area contributed by atoms with Crippen LogP contribution in [0.2, 0.25) is 0 Å². The third kappa shape index (κ3) is 2.49. The molecular weight excluding hydrogens is 178 g/mol. The topological polar surface area (TPSA) is 31.2 Å². The molecule has 1 rings (SSSR count). The molecule has 76 valence electrons. The summed E-state index contributed by atoms with van der Waals surface area (Å²) in [7, 11) is 0. The van der Waals surface area contributed by atoms with Gasteiger partial charge in [0.05, 0.1) is 6.61 Å². The first-order valence-corrected chi connectivity index (χ1v) is 4.72. The van der Waals surface area contributed by atoms with Gasteiger partial charge in [-0.3, -0.25) is 4.79 Å². The van der Waals surface area contributed by atoms with Crippen LogP contribution >= 0.6 is 0 Å². The summed E-state index contributed by atoms with van der Waals surface area (Å²) in [6.45, 7) is 6.69. The predicted octanol–water partition coefficient (Wildman–Crippen LogP) is 1.82. The van der Waals surface area contributed by atoms with E-state index in [1.54, 1.807) is 29.0 Å². The molecule has 0 aromatic carbocycles. The van der Waals surface area contributed by atoms with Crippen LogP contribution in [-0.2, 0) is 6.54 Å². The van der Waals surface area contributed by atoms with E-state index in [9.17, 15) is 4.79 Å². The van der Waals surface area contributed by atoms with Crippen LogP contribution in [0.1, 0.15) is 13.3 Å². The highest BCUT2D eigenvalue weighted by Gasteiger charge is 2.01. The van der Waals surface area contributed by atoms with Crippen molar-refractivity contribution < 1.29 is 4.74 Å². The zero-order chi connectivity index (χ0) is 10.4. The number of hydrogen-bond donors (Lipinski definition) is 0. The predicted molar refractivity (Wildman–Crippen MR) is 56.7 cm³/mol. The second-order valence-corrected chi connectivity index (χ2v) is 2.97. The molecule has 3 nitrogen and oxygen atoms in total. The molecule has 0 amide bonds. The highest BCUT2D eigenvalue weighted by molar-refractivity contribution is 5.17. The minimum Gasteiger partial charge on any atom is -0.488 e. The van der Waals surface area contributed by atoms with Gasteiger partial charge in [0.25, 0.3) is 5.56 Å². The van der Waals surface area contributed by atoms with Crippen molar-refractivity contribution in [1.82, 2.24) is 4.57 Å². The smallest absolute Gasteiger partial charge is 0.293 e. The molecule has 1 aromatic rings. The molecule has 0 unspecified atom stereocenters. The lowest BCUT2D eigenvalue weighted by Gasteiger charge is -2.06. The van der Waals surface area contributed by atoms with Crippen LogP contribution in [0.3, 0.4) is 0 Å². The Balaban J connectivity index is 2.89. The fraction of sp³-hybridized carbons (Fsp3) is 0.364. The van der Waals surface area contributed by atoms with Gasteiger partial charge in [0.2, 0.25) is 0 Å². The number of aromatic nitrogens is 1. The molecule has 3 heteroatoms. The van der Waals surface area contributed by atoms with Gasteiger partial charge in [0, 0.05) is 12.7 Å².